The van der Waals surface area contributed by atoms with Crippen LogP contribution < -0.4 is 4.90 Å². The molecule has 0 saturated carbocycles. The van der Waals surface area contributed by atoms with E-state index in [2.05, 4.69) is 41.1 Å². The number of hydrogen-bond acceptors (Lipinski definition) is 3. The molecule has 0 spiro atoms. The number of benzene rings is 2. The Labute approximate surface area is 164 Å². The van der Waals surface area contributed by atoms with Crippen LogP contribution in [0.4, 0.5) is 5.69 Å². The number of carbonyl (C=O) groups excluding carboxylic acids is 1. The van der Waals surface area contributed by atoms with E-state index in [4.69, 9.17) is 11.6 Å². The lowest BCUT2D eigenvalue weighted by molar-refractivity contribution is 0.100. The van der Waals surface area contributed by atoms with Crippen LogP contribution in [0.15, 0.2) is 53.5 Å². The van der Waals surface area contributed by atoms with Crippen LogP contribution in [0.1, 0.15) is 35.2 Å². The molecule has 1 aliphatic rings. The van der Waals surface area contributed by atoms with E-state index in [1.807, 2.05) is 0 Å². The number of ketones is 1. The predicted molar refractivity (Wildman–Crippen MR) is 111 cm³/mol. The van der Waals surface area contributed by atoms with Crippen molar-refractivity contribution in [3.63, 3.8) is 0 Å². The van der Waals surface area contributed by atoms with Gasteiger partial charge in [-0.1, -0.05) is 29.3 Å². The van der Waals surface area contributed by atoms with Gasteiger partial charge in [-0.15, -0.1) is 17.0 Å². The molecule has 0 unspecified atom stereocenters. The molecule has 3 nitrogen and oxygen atoms in total. The third-order valence-corrected chi connectivity index (χ3v) is 4.48. The van der Waals surface area contributed by atoms with Crippen LogP contribution in [0, 0.1) is 6.92 Å². The van der Waals surface area contributed by atoms with Gasteiger partial charge in [-0.3, -0.25) is 9.79 Å². The van der Waals surface area contributed by atoms with Crippen molar-refractivity contribution in [1.29, 1.82) is 0 Å². The molecule has 0 aromatic heterocycles. The summed E-state index contributed by atoms with van der Waals surface area (Å²) >= 11 is 5.91. The van der Waals surface area contributed by atoms with Gasteiger partial charge in [-0.25, -0.2) is 0 Å². The second kappa shape index (κ2) is 9.16. The molecule has 0 N–H and O–H groups in total. The molecule has 0 amide bonds. The minimum absolute atomic E-state index is 0. The maximum atomic E-state index is 12.7. The van der Waals surface area contributed by atoms with Crippen molar-refractivity contribution in [3.8, 4) is 0 Å². The highest BCUT2D eigenvalue weighted by Gasteiger charge is 2.19. The number of halogens is 2. The van der Waals surface area contributed by atoms with Crippen LogP contribution in [-0.2, 0) is 0 Å². The van der Waals surface area contributed by atoms with Crippen LogP contribution >= 0.6 is 28.6 Å². The minimum Gasteiger partial charge on any atom is -0.322 e. The van der Waals surface area contributed by atoms with Crippen LogP contribution in [0.3, 0.4) is 0 Å². The topological polar surface area (TPSA) is 32.7 Å². The van der Waals surface area contributed by atoms with Crippen molar-refractivity contribution in [2.24, 2.45) is 4.99 Å². The van der Waals surface area contributed by atoms with E-state index in [1.165, 1.54) is 5.56 Å². The van der Waals surface area contributed by atoms with Crippen LogP contribution in [-0.4, -0.2) is 24.7 Å². The van der Waals surface area contributed by atoms with Crippen LogP contribution in [0.25, 0.3) is 0 Å². The Kier molecular flexibility index (Phi) is 7.21. The first kappa shape index (κ1) is 19.7. The maximum Gasteiger partial charge on any atom is 0.182 e. The fraction of sp³-hybridized carbons (Fsp3) is 0.300. The quantitative estimate of drug-likeness (QED) is 0.611. The lowest BCUT2D eigenvalue weighted by Crippen LogP contribution is -2.37. The summed E-state index contributed by atoms with van der Waals surface area (Å²) in [7, 11) is 0. The zero-order valence-corrected chi connectivity index (χ0v) is 16.7. The third kappa shape index (κ3) is 5.16. The zero-order valence-electron chi connectivity index (χ0n) is 14.2. The van der Waals surface area contributed by atoms with E-state index in [0.717, 1.165) is 37.3 Å². The summed E-state index contributed by atoms with van der Waals surface area (Å²) < 4.78 is 0. The summed E-state index contributed by atoms with van der Waals surface area (Å²) in [5, 5.41) is 0.638. The number of anilines is 1. The molecule has 1 aliphatic heterocycles. The number of rotatable bonds is 4. The monoisotopic (exact) mass is 420 g/mol. The summed E-state index contributed by atoms with van der Waals surface area (Å²) in [5.74, 6) is 1.08. The Balaban J connectivity index is 0.00000225. The Morgan fingerprint density at radius 3 is 2.36 bits per heavy atom. The molecule has 0 fully saturated rings. The normalized spacial score (nSPS) is 13.6. The molecule has 2 aromatic carbocycles. The third-order valence-electron chi connectivity index (χ3n) is 4.23. The van der Waals surface area contributed by atoms with Gasteiger partial charge >= 0.3 is 0 Å². The van der Waals surface area contributed by atoms with Gasteiger partial charge < -0.3 is 4.90 Å². The second-order valence-electron chi connectivity index (χ2n) is 6.11. The molecule has 5 heteroatoms. The minimum atomic E-state index is 0. The van der Waals surface area contributed by atoms with Gasteiger partial charge in [0, 0.05) is 29.2 Å². The van der Waals surface area contributed by atoms with Crippen molar-refractivity contribution < 1.29 is 4.79 Å². The van der Waals surface area contributed by atoms with E-state index in [1.54, 1.807) is 24.3 Å². The van der Waals surface area contributed by atoms with Crippen molar-refractivity contribution in [3.05, 3.63) is 64.7 Å². The Hall–Kier alpha value is -1.65. The number of hydrogen-bond donors (Lipinski definition) is 0. The number of aliphatic imine (C=N–C) groups is 1. The molecule has 2 aromatic rings. The number of carbonyl (C=O) groups is 1. The molecule has 1 heterocycles. The van der Waals surface area contributed by atoms with E-state index in [-0.39, 0.29) is 22.8 Å². The Morgan fingerprint density at radius 1 is 1.08 bits per heavy atom. The van der Waals surface area contributed by atoms with Crippen LogP contribution in [0.5, 0.6) is 0 Å². The first-order valence-electron chi connectivity index (χ1n) is 8.30. The number of aryl methyl sites for hydroxylation is 1. The SMILES string of the molecule is Br.Cc1ccc(N(CC(=O)c2ccc(Cl)cc2)C2=NCCCC2)cc1. The average Bonchev–Trinajstić information content (AvgIpc) is 2.62. The maximum absolute atomic E-state index is 12.7. The average molecular weight is 422 g/mol. The predicted octanol–water partition coefficient (Wildman–Crippen LogP) is 5.50. The highest BCUT2D eigenvalue weighted by Crippen LogP contribution is 2.21. The number of Topliss-reactive ketones (excluding diaryl/α,β-unsaturated/α-hetero) is 1. The summed E-state index contributed by atoms with van der Waals surface area (Å²) in [6.07, 6.45) is 3.16. The van der Waals surface area contributed by atoms with E-state index in [0.29, 0.717) is 17.1 Å². The number of amidine groups is 1. The first-order valence-corrected chi connectivity index (χ1v) is 8.67. The molecule has 0 atom stereocenters. The fourth-order valence-electron chi connectivity index (χ4n) is 2.83. The van der Waals surface area contributed by atoms with Gasteiger partial charge in [0.2, 0.25) is 0 Å². The molecule has 132 valence electrons. The smallest absolute Gasteiger partial charge is 0.182 e. The zero-order chi connectivity index (χ0) is 16.9. The first-order chi connectivity index (χ1) is 11.6. The van der Waals surface area contributed by atoms with Crippen molar-refractivity contribution in [2.75, 3.05) is 18.0 Å². The van der Waals surface area contributed by atoms with E-state index >= 15 is 0 Å². The van der Waals surface area contributed by atoms with Crippen molar-refractivity contribution >= 4 is 45.9 Å². The second-order valence-corrected chi connectivity index (χ2v) is 6.54. The highest BCUT2D eigenvalue weighted by molar-refractivity contribution is 8.93. The molecular formula is C20H22BrClN2O. The lowest BCUT2D eigenvalue weighted by atomic mass is 10.1. The standard InChI is InChI=1S/C20H21ClN2O.BrH/c1-15-5-11-18(12-6-15)23(20-4-2-3-13-22-20)14-19(24)16-7-9-17(21)10-8-16;/h5-12H,2-4,13-14H2,1H3;1H. The van der Waals surface area contributed by atoms with Crippen molar-refractivity contribution in [2.45, 2.75) is 26.2 Å². The van der Waals surface area contributed by atoms with E-state index in [9.17, 15) is 4.79 Å². The molecular weight excluding hydrogens is 400 g/mol. The molecule has 3 rings (SSSR count). The van der Waals surface area contributed by atoms with Crippen molar-refractivity contribution in [1.82, 2.24) is 0 Å². The van der Waals surface area contributed by atoms with Gasteiger partial charge in [0.15, 0.2) is 5.78 Å². The Bertz CT molecular complexity index is 741. The fourth-order valence-corrected chi connectivity index (χ4v) is 2.96. The van der Waals surface area contributed by atoms with Gasteiger partial charge in [0.05, 0.1) is 6.54 Å². The lowest BCUT2D eigenvalue weighted by Gasteiger charge is -2.28. The molecule has 0 radical (unpaired) electrons. The summed E-state index contributed by atoms with van der Waals surface area (Å²) in [6.45, 7) is 3.20. The molecule has 25 heavy (non-hydrogen) atoms. The Morgan fingerprint density at radius 2 is 1.76 bits per heavy atom. The van der Waals surface area contributed by atoms with Crippen LogP contribution in [0.2, 0.25) is 5.02 Å². The summed E-state index contributed by atoms with van der Waals surface area (Å²) in [5.41, 5.74) is 2.89. The van der Waals surface area contributed by atoms with Gasteiger partial charge in [0.25, 0.3) is 0 Å². The van der Waals surface area contributed by atoms with Gasteiger partial charge in [-0.2, -0.15) is 0 Å². The molecule has 0 bridgehead atoms. The summed E-state index contributed by atoms with van der Waals surface area (Å²) in [6, 6.07) is 15.3. The highest BCUT2D eigenvalue weighted by atomic mass is 79.9. The molecule has 0 aliphatic carbocycles. The largest absolute Gasteiger partial charge is 0.322 e. The molecule has 0 saturated heterocycles. The van der Waals surface area contributed by atoms with E-state index < -0.39 is 0 Å². The van der Waals surface area contributed by atoms with Gasteiger partial charge in [-0.05, 0) is 56.2 Å². The number of nitrogens with zero attached hydrogens (tertiary/aromatic N) is 2. The van der Waals surface area contributed by atoms with Gasteiger partial charge in [0.1, 0.15) is 5.84 Å². The summed E-state index contributed by atoms with van der Waals surface area (Å²) in [4.78, 5) is 19.4.